The molecular weight excluding hydrogens is 343 g/mol. The van der Waals surface area contributed by atoms with E-state index in [1.807, 2.05) is 6.07 Å². The first-order chi connectivity index (χ1) is 7.74. The highest BCUT2D eigenvalue weighted by atomic mass is 79.9. The molecule has 92 valence electrons. The van der Waals surface area contributed by atoms with Gasteiger partial charge in [-0.1, -0.05) is 17.7 Å². The molecule has 0 bridgehead atoms. The highest BCUT2D eigenvalue weighted by Crippen LogP contribution is 2.20. The summed E-state index contributed by atoms with van der Waals surface area (Å²) in [5.74, 6) is 0. The van der Waals surface area contributed by atoms with Crippen molar-refractivity contribution in [2.24, 2.45) is 0 Å². The van der Waals surface area contributed by atoms with E-state index >= 15 is 0 Å². The predicted octanol–water partition coefficient (Wildman–Crippen LogP) is 4.27. The Morgan fingerprint density at radius 2 is 2.06 bits per heavy atom. The van der Waals surface area contributed by atoms with Crippen molar-refractivity contribution in [3.63, 3.8) is 0 Å². The van der Waals surface area contributed by atoms with E-state index in [0.29, 0.717) is 5.15 Å². The highest BCUT2D eigenvalue weighted by molar-refractivity contribution is 9.11. The van der Waals surface area contributed by atoms with Gasteiger partial charge in [-0.2, -0.15) is 0 Å². The molecule has 0 saturated carbocycles. The Hall–Kier alpha value is -0.130. The lowest BCUT2D eigenvalue weighted by Gasteiger charge is -2.02. The Bertz CT molecular complexity index is 459. The number of nitrogens with zero attached hydrogens (tertiary/aromatic N) is 1. The number of nitrogens with one attached hydrogen (secondary N) is 1. The SMILES string of the molecule is Cl.Clc1ccc(CNCc2csc(Br)c2)cn1. The van der Waals surface area contributed by atoms with Crippen molar-refractivity contribution in [1.29, 1.82) is 0 Å². The van der Waals surface area contributed by atoms with E-state index in [1.54, 1.807) is 23.6 Å². The van der Waals surface area contributed by atoms with E-state index < -0.39 is 0 Å². The number of pyridine rings is 1. The van der Waals surface area contributed by atoms with Crippen molar-refractivity contribution in [2.75, 3.05) is 0 Å². The molecule has 17 heavy (non-hydrogen) atoms. The Labute approximate surface area is 124 Å². The molecule has 0 aliphatic carbocycles. The summed E-state index contributed by atoms with van der Waals surface area (Å²) in [5.41, 5.74) is 2.43. The summed E-state index contributed by atoms with van der Waals surface area (Å²) in [4.78, 5) is 4.03. The van der Waals surface area contributed by atoms with Gasteiger partial charge in [0.25, 0.3) is 0 Å². The van der Waals surface area contributed by atoms with Gasteiger partial charge in [0.15, 0.2) is 0 Å². The molecule has 2 heterocycles. The molecule has 2 rings (SSSR count). The largest absolute Gasteiger partial charge is 0.309 e. The maximum Gasteiger partial charge on any atom is 0.129 e. The number of rotatable bonds is 4. The lowest BCUT2D eigenvalue weighted by Crippen LogP contribution is -2.12. The van der Waals surface area contributed by atoms with Crippen LogP contribution in [-0.4, -0.2) is 4.98 Å². The molecule has 0 spiro atoms. The number of hydrogen-bond acceptors (Lipinski definition) is 3. The van der Waals surface area contributed by atoms with E-state index in [4.69, 9.17) is 11.6 Å². The third kappa shape index (κ3) is 4.94. The number of halogens is 3. The van der Waals surface area contributed by atoms with Gasteiger partial charge in [0, 0.05) is 19.3 Å². The van der Waals surface area contributed by atoms with Crippen LogP contribution in [0.25, 0.3) is 0 Å². The van der Waals surface area contributed by atoms with Crippen LogP contribution in [-0.2, 0) is 13.1 Å². The second-order valence-electron chi connectivity index (χ2n) is 3.35. The van der Waals surface area contributed by atoms with Gasteiger partial charge in [-0.15, -0.1) is 23.7 Å². The zero-order chi connectivity index (χ0) is 11.4. The molecule has 2 aromatic rings. The van der Waals surface area contributed by atoms with Crippen LogP contribution >= 0.6 is 51.3 Å². The zero-order valence-corrected chi connectivity index (χ0v) is 12.8. The van der Waals surface area contributed by atoms with Crippen molar-refractivity contribution in [1.82, 2.24) is 10.3 Å². The van der Waals surface area contributed by atoms with Crippen molar-refractivity contribution < 1.29 is 0 Å². The van der Waals surface area contributed by atoms with Gasteiger partial charge in [-0.25, -0.2) is 4.98 Å². The smallest absolute Gasteiger partial charge is 0.129 e. The lowest BCUT2D eigenvalue weighted by atomic mass is 10.3. The van der Waals surface area contributed by atoms with Crippen LogP contribution in [0, 0.1) is 0 Å². The third-order valence-corrected chi connectivity index (χ3v) is 3.85. The van der Waals surface area contributed by atoms with E-state index in [2.05, 4.69) is 37.7 Å². The molecule has 6 heteroatoms. The van der Waals surface area contributed by atoms with Crippen LogP contribution in [0.15, 0.2) is 33.6 Å². The summed E-state index contributed by atoms with van der Waals surface area (Å²) in [6.45, 7) is 1.67. The van der Waals surface area contributed by atoms with Gasteiger partial charge in [-0.3, -0.25) is 0 Å². The van der Waals surface area contributed by atoms with Crippen molar-refractivity contribution in [2.45, 2.75) is 13.1 Å². The summed E-state index contributed by atoms with van der Waals surface area (Å²) < 4.78 is 1.16. The van der Waals surface area contributed by atoms with Gasteiger partial charge < -0.3 is 5.32 Å². The topological polar surface area (TPSA) is 24.9 Å². The summed E-state index contributed by atoms with van der Waals surface area (Å²) in [6, 6.07) is 5.91. The molecule has 0 radical (unpaired) electrons. The zero-order valence-electron chi connectivity index (χ0n) is 8.82. The Morgan fingerprint density at radius 3 is 2.65 bits per heavy atom. The first-order valence-electron chi connectivity index (χ1n) is 4.78. The molecule has 0 atom stereocenters. The molecule has 0 saturated heterocycles. The van der Waals surface area contributed by atoms with Crippen LogP contribution in [0.2, 0.25) is 5.15 Å². The molecule has 0 aliphatic heterocycles. The molecular formula is C11H11BrCl2N2S. The fourth-order valence-corrected chi connectivity index (χ4v) is 2.62. The van der Waals surface area contributed by atoms with E-state index in [1.165, 1.54) is 5.56 Å². The Balaban J connectivity index is 0.00000144. The summed E-state index contributed by atoms with van der Waals surface area (Å²) >= 11 is 10.9. The lowest BCUT2D eigenvalue weighted by molar-refractivity contribution is 0.693. The molecule has 1 N–H and O–H groups in total. The average molecular weight is 354 g/mol. The number of hydrogen-bond donors (Lipinski definition) is 1. The summed E-state index contributed by atoms with van der Waals surface area (Å²) in [5, 5.41) is 6.02. The van der Waals surface area contributed by atoms with Crippen molar-refractivity contribution in [3.05, 3.63) is 49.8 Å². The molecule has 2 aromatic heterocycles. The minimum Gasteiger partial charge on any atom is -0.309 e. The van der Waals surface area contributed by atoms with Crippen molar-refractivity contribution >= 4 is 51.3 Å². The van der Waals surface area contributed by atoms with Gasteiger partial charge in [-0.05, 0) is 44.6 Å². The normalized spacial score (nSPS) is 10.0. The minimum absolute atomic E-state index is 0. The second-order valence-corrected chi connectivity index (χ2v) is 6.03. The van der Waals surface area contributed by atoms with Gasteiger partial charge in [0.2, 0.25) is 0 Å². The monoisotopic (exact) mass is 352 g/mol. The molecule has 0 amide bonds. The van der Waals surface area contributed by atoms with Crippen LogP contribution in [0.3, 0.4) is 0 Å². The van der Waals surface area contributed by atoms with E-state index in [9.17, 15) is 0 Å². The summed E-state index contributed by atoms with van der Waals surface area (Å²) in [7, 11) is 0. The first kappa shape index (κ1) is 14.9. The van der Waals surface area contributed by atoms with Gasteiger partial charge >= 0.3 is 0 Å². The van der Waals surface area contributed by atoms with Gasteiger partial charge in [0.05, 0.1) is 3.79 Å². The van der Waals surface area contributed by atoms with Crippen molar-refractivity contribution in [3.8, 4) is 0 Å². The molecule has 0 fully saturated rings. The Kier molecular flexibility index (Phi) is 6.44. The van der Waals surface area contributed by atoms with E-state index in [-0.39, 0.29) is 12.4 Å². The number of thiophene rings is 1. The standard InChI is InChI=1S/C11H10BrClN2S.ClH/c12-10-3-9(7-16-10)5-14-4-8-1-2-11(13)15-6-8;/h1-3,6-7,14H,4-5H2;1H. The van der Waals surface area contributed by atoms with E-state index in [0.717, 1.165) is 22.4 Å². The maximum atomic E-state index is 5.71. The fourth-order valence-electron chi connectivity index (χ4n) is 1.30. The Morgan fingerprint density at radius 1 is 1.29 bits per heavy atom. The predicted molar refractivity (Wildman–Crippen MR) is 79.1 cm³/mol. The minimum atomic E-state index is 0. The second kappa shape index (κ2) is 7.34. The third-order valence-electron chi connectivity index (χ3n) is 2.07. The molecule has 0 aliphatic rings. The van der Waals surface area contributed by atoms with Crippen LogP contribution in [0.4, 0.5) is 0 Å². The van der Waals surface area contributed by atoms with Crippen LogP contribution < -0.4 is 5.32 Å². The molecule has 2 nitrogen and oxygen atoms in total. The van der Waals surface area contributed by atoms with Gasteiger partial charge in [0.1, 0.15) is 5.15 Å². The summed E-state index contributed by atoms with van der Waals surface area (Å²) in [6.07, 6.45) is 1.79. The quantitative estimate of drug-likeness (QED) is 0.830. The fraction of sp³-hybridized carbons (Fsp3) is 0.182. The number of aromatic nitrogens is 1. The van der Waals surface area contributed by atoms with Crippen LogP contribution in [0.1, 0.15) is 11.1 Å². The maximum absolute atomic E-state index is 5.71. The first-order valence-corrected chi connectivity index (χ1v) is 6.83. The molecule has 0 aromatic carbocycles. The average Bonchev–Trinajstić information content (AvgIpc) is 2.67. The highest BCUT2D eigenvalue weighted by Gasteiger charge is 1.97. The van der Waals surface area contributed by atoms with Crippen LogP contribution in [0.5, 0.6) is 0 Å². The molecule has 0 unspecified atom stereocenters.